The molecule has 0 radical (unpaired) electrons. The molecule has 1 fully saturated rings. The van der Waals surface area contributed by atoms with Gasteiger partial charge in [-0.05, 0) is 50.4 Å². The molecule has 1 aliphatic rings. The highest BCUT2D eigenvalue weighted by molar-refractivity contribution is 5.27. The Morgan fingerprint density at radius 2 is 2.26 bits per heavy atom. The van der Waals surface area contributed by atoms with Crippen molar-refractivity contribution >= 4 is 0 Å². The van der Waals surface area contributed by atoms with Gasteiger partial charge in [-0.2, -0.15) is 0 Å². The molecule has 0 bridgehead atoms. The number of hydrogen-bond acceptors (Lipinski definition) is 3. The van der Waals surface area contributed by atoms with Gasteiger partial charge in [0.2, 0.25) is 0 Å². The van der Waals surface area contributed by atoms with E-state index in [9.17, 15) is 0 Å². The van der Waals surface area contributed by atoms with Crippen molar-refractivity contribution in [2.24, 2.45) is 5.73 Å². The summed E-state index contributed by atoms with van der Waals surface area (Å²) in [5, 5.41) is 0. The number of likely N-dealkylation sites (tertiary alicyclic amines) is 1. The summed E-state index contributed by atoms with van der Waals surface area (Å²) in [5.41, 5.74) is 7.08. The monoisotopic (exact) mass is 262 g/mol. The topological polar surface area (TPSA) is 38.5 Å². The molecule has 0 aromatic heterocycles. The highest BCUT2D eigenvalue weighted by Gasteiger charge is 2.20. The Kier molecular flexibility index (Phi) is 5.67. The van der Waals surface area contributed by atoms with Gasteiger partial charge in [0, 0.05) is 19.1 Å². The van der Waals surface area contributed by atoms with Crippen molar-refractivity contribution < 1.29 is 4.74 Å². The molecule has 2 N–H and O–H groups in total. The molecule has 0 aliphatic carbocycles. The van der Waals surface area contributed by atoms with Gasteiger partial charge in [-0.15, -0.1) is 0 Å². The first kappa shape index (κ1) is 14.4. The Labute approximate surface area is 116 Å². The molecule has 19 heavy (non-hydrogen) atoms. The average molecular weight is 262 g/mol. The largest absolute Gasteiger partial charge is 0.494 e. The number of piperidine rings is 1. The fourth-order valence-corrected chi connectivity index (χ4v) is 2.78. The SMILES string of the molecule is Cc1cccc(OCCCN2CCCCC2CN)c1. The van der Waals surface area contributed by atoms with Crippen LogP contribution in [0.2, 0.25) is 0 Å². The second kappa shape index (κ2) is 7.51. The smallest absolute Gasteiger partial charge is 0.119 e. The summed E-state index contributed by atoms with van der Waals surface area (Å²) >= 11 is 0. The predicted octanol–water partition coefficient (Wildman–Crippen LogP) is 2.58. The van der Waals surface area contributed by atoms with E-state index in [-0.39, 0.29) is 0 Å². The highest BCUT2D eigenvalue weighted by atomic mass is 16.5. The summed E-state index contributed by atoms with van der Waals surface area (Å²) in [7, 11) is 0. The summed E-state index contributed by atoms with van der Waals surface area (Å²) in [6, 6.07) is 8.83. The summed E-state index contributed by atoms with van der Waals surface area (Å²) in [5.74, 6) is 0.981. The number of nitrogens with zero attached hydrogens (tertiary/aromatic N) is 1. The number of ether oxygens (including phenoxy) is 1. The molecule has 1 aromatic carbocycles. The van der Waals surface area contributed by atoms with Crippen molar-refractivity contribution in [1.82, 2.24) is 4.90 Å². The third-order valence-corrected chi connectivity index (χ3v) is 3.87. The van der Waals surface area contributed by atoms with Crippen molar-refractivity contribution in [2.75, 3.05) is 26.2 Å². The molecule has 106 valence electrons. The lowest BCUT2D eigenvalue weighted by Crippen LogP contribution is -2.44. The lowest BCUT2D eigenvalue weighted by molar-refractivity contribution is 0.142. The van der Waals surface area contributed by atoms with E-state index in [1.54, 1.807) is 0 Å². The Balaban J connectivity index is 1.68. The van der Waals surface area contributed by atoms with E-state index in [0.717, 1.165) is 31.9 Å². The van der Waals surface area contributed by atoms with Crippen molar-refractivity contribution in [3.8, 4) is 5.75 Å². The Morgan fingerprint density at radius 1 is 1.37 bits per heavy atom. The van der Waals surface area contributed by atoms with E-state index in [0.29, 0.717) is 6.04 Å². The second-order valence-corrected chi connectivity index (χ2v) is 5.44. The molecule has 3 heteroatoms. The van der Waals surface area contributed by atoms with E-state index in [1.165, 1.54) is 31.4 Å². The van der Waals surface area contributed by atoms with E-state index < -0.39 is 0 Å². The molecule has 1 heterocycles. The van der Waals surface area contributed by atoms with Crippen molar-refractivity contribution in [2.45, 2.75) is 38.6 Å². The maximum Gasteiger partial charge on any atom is 0.119 e. The molecule has 0 amide bonds. The molecule has 1 saturated heterocycles. The first-order chi connectivity index (χ1) is 9.29. The van der Waals surface area contributed by atoms with Gasteiger partial charge in [0.25, 0.3) is 0 Å². The van der Waals surface area contributed by atoms with Crippen LogP contribution in [0.5, 0.6) is 5.75 Å². The maximum atomic E-state index is 5.83. The van der Waals surface area contributed by atoms with Gasteiger partial charge in [-0.3, -0.25) is 4.90 Å². The van der Waals surface area contributed by atoms with Gasteiger partial charge >= 0.3 is 0 Å². The zero-order valence-electron chi connectivity index (χ0n) is 12.0. The molecule has 0 saturated carbocycles. The second-order valence-electron chi connectivity index (χ2n) is 5.44. The lowest BCUT2D eigenvalue weighted by Gasteiger charge is -2.34. The average Bonchev–Trinajstić information content (AvgIpc) is 2.44. The van der Waals surface area contributed by atoms with Crippen LogP contribution in [0.3, 0.4) is 0 Å². The van der Waals surface area contributed by atoms with Crippen LogP contribution in [-0.4, -0.2) is 37.2 Å². The van der Waals surface area contributed by atoms with Crippen molar-refractivity contribution in [3.63, 3.8) is 0 Å². The van der Waals surface area contributed by atoms with Gasteiger partial charge in [0.15, 0.2) is 0 Å². The third kappa shape index (κ3) is 4.51. The molecular weight excluding hydrogens is 236 g/mol. The molecule has 3 nitrogen and oxygen atoms in total. The zero-order valence-corrected chi connectivity index (χ0v) is 12.0. The molecule has 0 spiro atoms. The Bertz CT molecular complexity index is 381. The Hall–Kier alpha value is -1.06. The molecule has 1 unspecified atom stereocenters. The van der Waals surface area contributed by atoms with Crippen molar-refractivity contribution in [3.05, 3.63) is 29.8 Å². The van der Waals surface area contributed by atoms with Crippen LogP contribution >= 0.6 is 0 Å². The highest BCUT2D eigenvalue weighted by Crippen LogP contribution is 2.17. The molecule has 1 aromatic rings. The quantitative estimate of drug-likeness (QED) is 0.801. The number of aryl methyl sites for hydroxylation is 1. The van der Waals surface area contributed by atoms with Gasteiger partial charge < -0.3 is 10.5 Å². The van der Waals surface area contributed by atoms with Crippen LogP contribution in [-0.2, 0) is 0 Å². The molecule has 2 rings (SSSR count). The van der Waals surface area contributed by atoms with Crippen LogP contribution < -0.4 is 10.5 Å². The minimum atomic E-state index is 0.590. The van der Waals surface area contributed by atoms with E-state index in [1.807, 2.05) is 12.1 Å². The summed E-state index contributed by atoms with van der Waals surface area (Å²) in [6.07, 6.45) is 4.98. The summed E-state index contributed by atoms with van der Waals surface area (Å²) in [6.45, 7) is 5.97. The molecular formula is C16H26N2O. The first-order valence-corrected chi connectivity index (χ1v) is 7.43. The molecule has 1 aliphatic heterocycles. The Morgan fingerprint density at radius 3 is 3.05 bits per heavy atom. The predicted molar refractivity (Wildman–Crippen MR) is 79.6 cm³/mol. The van der Waals surface area contributed by atoms with Gasteiger partial charge in [-0.1, -0.05) is 18.6 Å². The third-order valence-electron chi connectivity index (χ3n) is 3.87. The van der Waals surface area contributed by atoms with Crippen LogP contribution in [0.1, 0.15) is 31.2 Å². The first-order valence-electron chi connectivity index (χ1n) is 7.43. The minimum absolute atomic E-state index is 0.590. The molecule has 1 atom stereocenters. The minimum Gasteiger partial charge on any atom is -0.494 e. The normalized spacial score (nSPS) is 20.4. The summed E-state index contributed by atoms with van der Waals surface area (Å²) in [4.78, 5) is 2.53. The van der Waals surface area contributed by atoms with E-state index >= 15 is 0 Å². The number of benzene rings is 1. The van der Waals surface area contributed by atoms with Gasteiger partial charge in [-0.25, -0.2) is 0 Å². The van der Waals surface area contributed by atoms with Crippen molar-refractivity contribution in [1.29, 1.82) is 0 Å². The fourth-order valence-electron chi connectivity index (χ4n) is 2.78. The lowest BCUT2D eigenvalue weighted by atomic mass is 10.0. The van der Waals surface area contributed by atoms with E-state index in [2.05, 4.69) is 24.0 Å². The van der Waals surface area contributed by atoms with Crippen LogP contribution in [0, 0.1) is 6.92 Å². The van der Waals surface area contributed by atoms with Gasteiger partial charge in [0.05, 0.1) is 6.61 Å². The van der Waals surface area contributed by atoms with Crippen LogP contribution in [0.4, 0.5) is 0 Å². The number of rotatable bonds is 6. The fraction of sp³-hybridized carbons (Fsp3) is 0.625. The zero-order chi connectivity index (χ0) is 13.5. The van der Waals surface area contributed by atoms with Gasteiger partial charge in [0.1, 0.15) is 5.75 Å². The van der Waals surface area contributed by atoms with Crippen LogP contribution in [0.15, 0.2) is 24.3 Å². The maximum absolute atomic E-state index is 5.83. The summed E-state index contributed by atoms with van der Waals surface area (Å²) < 4.78 is 5.79. The number of nitrogens with two attached hydrogens (primary N) is 1. The van der Waals surface area contributed by atoms with E-state index in [4.69, 9.17) is 10.5 Å². The van der Waals surface area contributed by atoms with Crippen LogP contribution in [0.25, 0.3) is 0 Å². The standard InChI is InChI=1S/C16H26N2O/c1-14-6-4-8-16(12-14)19-11-5-10-18-9-3-2-7-15(18)13-17/h4,6,8,12,15H,2-3,5,7,9-11,13,17H2,1H3. The number of hydrogen-bond donors (Lipinski definition) is 1.